The summed E-state index contributed by atoms with van der Waals surface area (Å²) in [6.07, 6.45) is 0.946. The molecule has 0 spiro atoms. The monoisotopic (exact) mass is 421 g/mol. The third-order valence-electron chi connectivity index (χ3n) is 4.53. The van der Waals surface area contributed by atoms with Gasteiger partial charge < -0.3 is 5.11 Å². The molecule has 0 aliphatic heterocycles. The molecular weight excluding hydrogens is 406 g/mol. The van der Waals surface area contributed by atoms with Crippen molar-refractivity contribution < 1.29 is 9.90 Å². The average Bonchev–Trinajstić information content (AvgIpc) is 3.11. The molecule has 2 aromatic heterocycles. The summed E-state index contributed by atoms with van der Waals surface area (Å²) in [5.74, 6) is -1.01. The number of benzene rings is 2. The van der Waals surface area contributed by atoms with Crippen molar-refractivity contribution in [2.45, 2.75) is 13.3 Å². The second-order valence-electron chi connectivity index (χ2n) is 6.22. The van der Waals surface area contributed by atoms with E-state index in [4.69, 9.17) is 0 Å². The number of H-pyrrole nitrogens is 1. The molecule has 5 nitrogen and oxygen atoms in total. The number of hydrogen-bond acceptors (Lipinski definition) is 3. The second kappa shape index (κ2) is 6.96. The van der Waals surface area contributed by atoms with E-state index in [1.807, 2.05) is 48.5 Å². The van der Waals surface area contributed by atoms with Gasteiger partial charge in [0, 0.05) is 15.6 Å². The highest BCUT2D eigenvalue weighted by Gasteiger charge is 2.19. The van der Waals surface area contributed by atoms with E-state index in [1.165, 1.54) is 5.56 Å². The van der Waals surface area contributed by atoms with Crippen molar-refractivity contribution in [3.05, 3.63) is 70.2 Å². The normalized spacial score (nSPS) is 11.0. The van der Waals surface area contributed by atoms with Crippen molar-refractivity contribution >= 4 is 32.9 Å². The molecule has 2 aromatic carbocycles. The molecule has 0 atom stereocenters. The predicted molar refractivity (Wildman–Crippen MR) is 109 cm³/mol. The third kappa shape index (κ3) is 3.24. The molecule has 0 radical (unpaired) electrons. The number of nitrogens with zero attached hydrogens (tertiary/aromatic N) is 2. The first-order chi connectivity index (χ1) is 13.1. The molecule has 4 aromatic rings. The minimum absolute atomic E-state index is 0.179. The van der Waals surface area contributed by atoms with Crippen LogP contribution in [0.15, 0.2) is 59.1 Å². The molecule has 2 heterocycles. The van der Waals surface area contributed by atoms with Crippen LogP contribution in [0.5, 0.6) is 0 Å². The van der Waals surface area contributed by atoms with Crippen LogP contribution in [-0.2, 0) is 6.42 Å². The van der Waals surface area contributed by atoms with Crippen LogP contribution in [0.2, 0.25) is 0 Å². The maximum atomic E-state index is 12.0. The summed E-state index contributed by atoms with van der Waals surface area (Å²) in [7, 11) is 0. The van der Waals surface area contributed by atoms with E-state index in [9.17, 15) is 9.90 Å². The summed E-state index contributed by atoms with van der Waals surface area (Å²) < 4.78 is 0.900. The largest absolute Gasteiger partial charge is 0.478 e. The Morgan fingerprint density at radius 2 is 1.89 bits per heavy atom. The van der Waals surface area contributed by atoms with Crippen molar-refractivity contribution in [1.29, 1.82) is 0 Å². The lowest BCUT2D eigenvalue weighted by atomic mass is 10.0. The van der Waals surface area contributed by atoms with Crippen LogP contribution < -0.4 is 0 Å². The molecule has 4 rings (SSSR count). The third-order valence-corrected chi connectivity index (χ3v) is 5.02. The SMILES string of the molecule is CCc1ccc(-c2[nH]nc3nc(-c4cccc(Br)c4)cc(C(=O)O)c23)cc1. The number of aromatic carboxylic acids is 1. The van der Waals surface area contributed by atoms with Crippen molar-refractivity contribution in [3.63, 3.8) is 0 Å². The lowest BCUT2D eigenvalue weighted by molar-refractivity contribution is 0.0699. The first-order valence-corrected chi connectivity index (χ1v) is 9.33. The standard InChI is InChI=1S/C21H16BrN3O2/c1-2-12-6-8-13(9-7-12)19-18-16(21(26)27)11-17(23-20(18)25-24-19)14-4-3-5-15(22)10-14/h3-11H,2H2,1H3,(H,26,27)(H,23,24,25). The molecule has 0 aliphatic carbocycles. The predicted octanol–water partition coefficient (Wildman–Crippen LogP) is 5.32. The number of carboxylic acids is 1. The maximum Gasteiger partial charge on any atom is 0.336 e. The topological polar surface area (TPSA) is 78.9 Å². The summed E-state index contributed by atoms with van der Waals surface area (Å²) in [6.45, 7) is 2.09. The zero-order valence-electron chi connectivity index (χ0n) is 14.5. The van der Waals surface area contributed by atoms with Crippen LogP contribution in [0.3, 0.4) is 0 Å². The van der Waals surface area contributed by atoms with E-state index in [0.29, 0.717) is 22.4 Å². The van der Waals surface area contributed by atoms with E-state index in [1.54, 1.807) is 6.07 Å². The van der Waals surface area contributed by atoms with Gasteiger partial charge in [-0.25, -0.2) is 9.78 Å². The minimum atomic E-state index is -1.01. The minimum Gasteiger partial charge on any atom is -0.478 e. The highest BCUT2D eigenvalue weighted by molar-refractivity contribution is 9.10. The van der Waals surface area contributed by atoms with Crippen LogP contribution in [0, 0.1) is 0 Å². The van der Waals surface area contributed by atoms with Crippen molar-refractivity contribution in [1.82, 2.24) is 15.2 Å². The number of aromatic amines is 1. The lowest BCUT2D eigenvalue weighted by Crippen LogP contribution is -2.00. The molecule has 0 fully saturated rings. The number of hydrogen-bond donors (Lipinski definition) is 2. The molecule has 134 valence electrons. The Bertz CT molecular complexity index is 1150. The van der Waals surface area contributed by atoms with Crippen LogP contribution in [0.4, 0.5) is 0 Å². The molecule has 0 saturated heterocycles. The molecule has 2 N–H and O–H groups in total. The average molecular weight is 422 g/mol. The number of fused-ring (bicyclic) bond motifs is 1. The second-order valence-corrected chi connectivity index (χ2v) is 7.13. The molecule has 0 unspecified atom stereocenters. The fourth-order valence-corrected chi connectivity index (χ4v) is 3.50. The number of carboxylic acid groups (broad SMARTS) is 1. The Kier molecular flexibility index (Phi) is 4.49. The molecule has 0 amide bonds. The number of rotatable bonds is 4. The van der Waals surface area contributed by atoms with Gasteiger partial charge in [0.15, 0.2) is 5.65 Å². The molecule has 6 heteroatoms. The summed E-state index contributed by atoms with van der Waals surface area (Å²) in [5, 5.41) is 17.6. The molecule has 0 bridgehead atoms. The summed E-state index contributed by atoms with van der Waals surface area (Å²) in [4.78, 5) is 16.6. The van der Waals surface area contributed by atoms with Gasteiger partial charge in [0.2, 0.25) is 0 Å². The zero-order chi connectivity index (χ0) is 19.0. The van der Waals surface area contributed by atoms with Gasteiger partial charge >= 0.3 is 5.97 Å². The van der Waals surface area contributed by atoms with E-state index in [-0.39, 0.29) is 5.56 Å². The zero-order valence-corrected chi connectivity index (χ0v) is 16.1. The summed E-state index contributed by atoms with van der Waals surface area (Å²) in [6, 6.07) is 17.2. The molecule has 0 aliphatic rings. The number of aryl methyl sites for hydroxylation is 1. The van der Waals surface area contributed by atoms with Gasteiger partial charge in [0.25, 0.3) is 0 Å². The molecule has 27 heavy (non-hydrogen) atoms. The Morgan fingerprint density at radius 3 is 2.56 bits per heavy atom. The Balaban J connectivity index is 1.92. The maximum absolute atomic E-state index is 12.0. The van der Waals surface area contributed by atoms with Gasteiger partial charge in [-0.05, 0) is 30.2 Å². The van der Waals surface area contributed by atoms with E-state index in [0.717, 1.165) is 22.0 Å². The van der Waals surface area contributed by atoms with Gasteiger partial charge in [-0.15, -0.1) is 0 Å². The number of halogens is 1. The lowest BCUT2D eigenvalue weighted by Gasteiger charge is -2.06. The van der Waals surface area contributed by atoms with Crippen molar-refractivity contribution in [3.8, 4) is 22.5 Å². The van der Waals surface area contributed by atoms with E-state index in [2.05, 4.69) is 38.0 Å². The number of nitrogens with one attached hydrogen (secondary N) is 1. The highest BCUT2D eigenvalue weighted by Crippen LogP contribution is 2.32. The number of pyridine rings is 1. The smallest absolute Gasteiger partial charge is 0.336 e. The highest BCUT2D eigenvalue weighted by atomic mass is 79.9. The first-order valence-electron chi connectivity index (χ1n) is 8.54. The summed E-state index contributed by atoms with van der Waals surface area (Å²) >= 11 is 3.44. The van der Waals surface area contributed by atoms with Crippen molar-refractivity contribution in [2.75, 3.05) is 0 Å². The number of carbonyl (C=O) groups is 1. The van der Waals surface area contributed by atoms with Crippen LogP contribution >= 0.6 is 15.9 Å². The first kappa shape index (κ1) is 17.4. The Morgan fingerprint density at radius 1 is 1.11 bits per heavy atom. The van der Waals surface area contributed by atoms with Gasteiger partial charge in [-0.3, -0.25) is 5.10 Å². The quantitative estimate of drug-likeness (QED) is 0.467. The van der Waals surface area contributed by atoms with Crippen LogP contribution in [0.25, 0.3) is 33.5 Å². The molecule has 0 saturated carbocycles. The van der Waals surface area contributed by atoms with Crippen LogP contribution in [-0.4, -0.2) is 26.3 Å². The fraction of sp³-hybridized carbons (Fsp3) is 0.0952. The van der Waals surface area contributed by atoms with E-state index < -0.39 is 5.97 Å². The van der Waals surface area contributed by atoms with Gasteiger partial charge in [-0.1, -0.05) is 59.3 Å². The number of aromatic nitrogens is 3. The Labute approximate surface area is 164 Å². The fourth-order valence-electron chi connectivity index (χ4n) is 3.10. The van der Waals surface area contributed by atoms with Crippen LogP contribution in [0.1, 0.15) is 22.8 Å². The van der Waals surface area contributed by atoms with E-state index >= 15 is 0 Å². The van der Waals surface area contributed by atoms with Gasteiger partial charge in [0.05, 0.1) is 22.3 Å². The van der Waals surface area contributed by atoms with Gasteiger partial charge in [0.1, 0.15) is 0 Å². The molecular formula is C21H16BrN3O2. The van der Waals surface area contributed by atoms with Crippen molar-refractivity contribution in [2.24, 2.45) is 0 Å². The Hall–Kier alpha value is -2.99. The summed E-state index contributed by atoms with van der Waals surface area (Å²) in [5.41, 5.74) is 4.73. The van der Waals surface area contributed by atoms with Gasteiger partial charge in [-0.2, -0.15) is 5.10 Å².